The Morgan fingerprint density at radius 1 is 1.36 bits per heavy atom. The fraction of sp³-hybridized carbons (Fsp3) is 0.467. The summed E-state index contributed by atoms with van der Waals surface area (Å²) >= 11 is 0. The van der Waals surface area contributed by atoms with Crippen LogP contribution in [-0.4, -0.2) is 25.0 Å². The predicted molar refractivity (Wildman–Crippen MR) is 80.7 cm³/mol. The van der Waals surface area contributed by atoms with E-state index in [1.54, 1.807) is 10.8 Å². The Morgan fingerprint density at radius 2 is 2.09 bits per heavy atom. The molecule has 2 fully saturated rings. The summed E-state index contributed by atoms with van der Waals surface area (Å²) in [5.41, 5.74) is 0.311. The van der Waals surface area contributed by atoms with Gasteiger partial charge in [-0.1, -0.05) is 0 Å². The average molecular weight is 314 g/mol. The van der Waals surface area contributed by atoms with Gasteiger partial charge in [-0.3, -0.25) is 13.6 Å². The number of fused-ring (bicyclic) bond motifs is 2. The summed E-state index contributed by atoms with van der Waals surface area (Å²) in [5.74, 6) is 1.42. The Kier molecular flexibility index (Phi) is 2.91. The van der Waals surface area contributed by atoms with Gasteiger partial charge in [-0.05, 0) is 37.2 Å². The highest BCUT2D eigenvalue weighted by molar-refractivity contribution is 7.84. The second-order valence-electron chi connectivity index (χ2n) is 6.11. The zero-order chi connectivity index (χ0) is 15.4. The predicted octanol–water partition coefficient (Wildman–Crippen LogP) is 1.37. The first-order valence-corrected chi connectivity index (χ1v) is 8.80. The number of nitriles is 1. The SMILES string of the molecule is CS(=O)c1ncc2cc(C#N)c(=O)n(C3CC4CC4C3)c2n1. The lowest BCUT2D eigenvalue weighted by Gasteiger charge is -2.18. The Labute approximate surface area is 129 Å². The van der Waals surface area contributed by atoms with Gasteiger partial charge in [0.25, 0.3) is 5.56 Å². The molecule has 0 N–H and O–H groups in total. The molecule has 3 atom stereocenters. The van der Waals surface area contributed by atoms with E-state index >= 15 is 0 Å². The Morgan fingerprint density at radius 3 is 2.73 bits per heavy atom. The summed E-state index contributed by atoms with van der Waals surface area (Å²) in [5, 5.41) is 10.1. The molecule has 0 saturated heterocycles. The molecule has 2 aliphatic carbocycles. The maximum absolute atomic E-state index is 12.6. The minimum Gasteiger partial charge on any atom is -0.288 e. The van der Waals surface area contributed by atoms with E-state index in [2.05, 4.69) is 9.97 Å². The monoisotopic (exact) mass is 314 g/mol. The van der Waals surface area contributed by atoms with Crippen molar-refractivity contribution in [1.29, 1.82) is 5.26 Å². The molecule has 22 heavy (non-hydrogen) atoms. The van der Waals surface area contributed by atoms with Gasteiger partial charge in [-0.2, -0.15) is 5.26 Å². The first-order chi connectivity index (χ1) is 10.6. The molecule has 7 heteroatoms. The number of pyridine rings is 1. The normalized spacial score (nSPS) is 27.4. The van der Waals surface area contributed by atoms with E-state index in [4.69, 9.17) is 0 Å². The van der Waals surface area contributed by atoms with E-state index in [1.807, 2.05) is 6.07 Å². The van der Waals surface area contributed by atoms with Crippen LogP contribution < -0.4 is 5.56 Å². The number of aromatic nitrogens is 3. The zero-order valence-electron chi connectivity index (χ0n) is 12.0. The maximum atomic E-state index is 12.6. The van der Waals surface area contributed by atoms with Crippen LogP contribution in [0.2, 0.25) is 0 Å². The van der Waals surface area contributed by atoms with Crippen molar-refractivity contribution in [2.45, 2.75) is 30.5 Å². The number of rotatable bonds is 2. The molecule has 2 aromatic rings. The lowest BCUT2D eigenvalue weighted by atomic mass is 10.1. The number of hydrogen-bond acceptors (Lipinski definition) is 5. The molecule has 3 unspecified atom stereocenters. The van der Waals surface area contributed by atoms with Crippen LogP contribution in [-0.2, 0) is 10.8 Å². The van der Waals surface area contributed by atoms with Crippen molar-refractivity contribution in [2.75, 3.05) is 6.26 Å². The lowest BCUT2D eigenvalue weighted by molar-refractivity contribution is 0.464. The van der Waals surface area contributed by atoms with Gasteiger partial charge in [0.05, 0.1) is 10.8 Å². The summed E-state index contributed by atoms with van der Waals surface area (Å²) in [4.78, 5) is 21.0. The summed E-state index contributed by atoms with van der Waals surface area (Å²) < 4.78 is 13.3. The van der Waals surface area contributed by atoms with Gasteiger partial charge in [0, 0.05) is 23.9 Å². The van der Waals surface area contributed by atoms with E-state index < -0.39 is 10.8 Å². The molecule has 0 amide bonds. The average Bonchev–Trinajstić information content (AvgIpc) is 3.12. The van der Waals surface area contributed by atoms with E-state index in [0.29, 0.717) is 22.9 Å². The molecular weight excluding hydrogens is 300 g/mol. The molecule has 2 aliphatic rings. The standard InChI is InChI=1S/C15H14N4O2S/c1-22(21)15-17-7-11-3-10(6-16)14(20)19(13(11)18-15)12-4-8-2-9(8)5-12/h3,7-9,12H,2,4-5H2,1H3. The second kappa shape index (κ2) is 4.71. The molecular formula is C15H14N4O2S. The molecule has 0 spiro atoms. The molecule has 6 nitrogen and oxygen atoms in total. The number of nitrogens with zero attached hydrogens (tertiary/aromatic N) is 4. The molecule has 2 heterocycles. The van der Waals surface area contributed by atoms with Gasteiger partial charge in [-0.25, -0.2) is 9.97 Å². The number of hydrogen-bond donors (Lipinski definition) is 0. The van der Waals surface area contributed by atoms with Crippen molar-refractivity contribution in [3.63, 3.8) is 0 Å². The Hall–Kier alpha value is -2.07. The van der Waals surface area contributed by atoms with Gasteiger partial charge in [0.15, 0.2) is 0 Å². The van der Waals surface area contributed by atoms with Crippen LogP contribution in [0, 0.1) is 23.2 Å². The fourth-order valence-corrected chi connectivity index (χ4v) is 3.97. The molecule has 112 valence electrons. The van der Waals surface area contributed by atoms with Crippen LogP contribution in [0.1, 0.15) is 30.9 Å². The zero-order valence-corrected chi connectivity index (χ0v) is 12.8. The first kappa shape index (κ1) is 13.6. The minimum absolute atomic E-state index is 0.0834. The summed E-state index contributed by atoms with van der Waals surface area (Å²) in [6, 6.07) is 3.57. The third-order valence-electron chi connectivity index (χ3n) is 4.71. The Bertz CT molecular complexity index is 904. The van der Waals surface area contributed by atoms with Crippen molar-refractivity contribution >= 4 is 21.8 Å². The Balaban J connectivity index is 1.99. The van der Waals surface area contributed by atoms with E-state index in [-0.39, 0.29) is 22.3 Å². The highest BCUT2D eigenvalue weighted by Crippen LogP contribution is 2.55. The van der Waals surface area contributed by atoms with Crippen LogP contribution in [0.3, 0.4) is 0 Å². The molecule has 2 aromatic heterocycles. The van der Waals surface area contributed by atoms with Crippen molar-refractivity contribution in [3.05, 3.63) is 28.2 Å². The molecule has 4 rings (SSSR count). The third-order valence-corrected chi connectivity index (χ3v) is 5.42. The quantitative estimate of drug-likeness (QED) is 0.781. The molecule has 0 aliphatic heterocycles. The molecule has 0 bridgehead atoms. The van der Waals surface area contributed by atoms with Crippen LogP contribution in [0.25, 0.3) is 11.0 Å². The summed E-state index contributed by atoms with van der Waals surface area (Å²) in [7, 11) is -1.31. The lowest BCUT2D eigenvalue weighted by Crippen LogP contribution is -2.27. The van der Waals surface area contributed by atoms with Gasteiger partial charge in [-0.15, -0.1) is 0 Å². The largest absolute Gasteiger partial charge is 0.288 e. The highest BCUT2D eigenvalue weighted by atomic mass is 32.2. The smallest absolute Gasteiger partial charge is 0.270 e. The third kappa shape index (κ3) is 1.98. The van der Waals surface area contributed by atoms with Crippen LogP contribution in [0.5, 0.6) is 0 Å². The van der Waals surface area contributed by atoms with Gasteiger partial charge < -0.3 is 0 Å². The fourth-order valence-electron chi connectivity index (χ4n) is 3.56. The van der Waals surface area contributed by atoms with E-state index in [1.165, 1.54) is 18.7 Å². The van der Waals surface area contributed by atoms with Gasteiger partial charge in [0.2, 0.25) is 5.16 Å². The maximum Gasteiger partial charge on any atom is 0.270 e. The van der Waals surface area contributed by atoms with E-state index in [0.717, 1.165) is 12.8 Å². The van der Waals surface area contributed by atoms with Gasteiger partial charge >= 0.3 is 0 Å². The molecule has 2 saturated carbocycles. The van der Waals surface area contributed by atoms with Gasteiger partial charge in [0.1, 0.15) is 17.3 Å². The van der Waals surface area contributed by atoms with Crippen LogP contribution >= 0.6 is 0 Å². The van der Waals surface area contributed by atoms with Crippen molar-refractivity contribution in [3.8, 4) is 6.07 Å². The van der Waals surface area contributed by atoms with Crippen LogP contribution in [0.4, 0.5) is 0 Å². The first-order valence-electron chi connectivity index (χ1n) is 7.24. The topological polar surface area (TPSA) is 88.6 Å². The summed E-state index contributed by atoms with van der Waals surface area (Å²) in [6.07, 6.45) is 6.23. The van der Waals surface area contributed by atoms with Crippen molar-refractivity contribution in [2.24, 2.45) is 11.8 Å². The minimum atomic E-state index is -1.31. The van der Waals surface area contributed by atoms with Crippen LogP contribution in [0.15, 0.2) is 22.2 Å². The van der Waals surface area contributed by atoms with E-state index in [9.17, 15) is 14.3 Å². The molecule has 0 radical (unpaired) electrons. The summed E-state index contributed by atoms with van der Waals surface area (Å²) in [6.45, 7) is 0. The molecule has 0 aromatic carbocycles. The second-order valence-corrected chi connectivity index (χ2v) is 7.39. The highest BCUT2D eigenvalue weighted by Gasteiger charge is 2.47. The van der Waals surface area contributed by atoms with Crippen molar-refractivity contribution < 1.29 is 4.21 Å². The van der Waals surface area contributed by atoms with Crippen molar-refractivity contribution in [1.82, 2.24) is 14.5 Å².